The first-order valence-corrected chi connectivity index (χ1v) is 9.16. The summed E-state index contributed by atoms with van der Waals surface area (Å²) in [6.07, 6.45) is 0.654. The van der Waals surface area contributed by atoms with Crippen LogP contribution in [0.5, 0.6) is 5.75 Å². The number of aryl methyl sites for hydroxylation is 1. The van der Waals surface area contributed by atoms with Gasteiger partial charge in [-0.3, -0.25) is 4.79 Å². The fraction of sp³-hybridized carbons (Fsp3) is 0.263. The summed E-state index contributed by atoms with van der Waals surface area (Å²) < 4.78 is 7.05. The highest BCUT2D eigenvalue weighted by Crippen LogP contribution is 2.29. The second-order valence-electron chi connectivity index (χ2n) is 5.92. The van der Waals surface area contributed by atoms with Crippen molar-refractivity contribution in [2.75, 3.05) is 0 Å². The monoisotopic (exact) mass is 375 g/mol. The Labute approximate surface area is 155 Å². The highest BCUT2D eigenvalue weighted by molar-refractivity contribution is 7.16. The molecule has 0 spiro atoms. The van der Waals surface area contributed by atoms with Crippen LogP contribution in [-0.4, -0.2) is 16.1 Å². The molecule has 0 radical (unpaired) electrons. The van der Waals surface area contributed by atoms with Crippen LogP contribution in [0.25, 0.3) is 10.2 Å². The third-order valence-electron chi connectivity index (χ3n) is 4.32. The third-order valence-corrected chi connectivity index (χ3v) is 5.32. The number of thiazole rings is 1. The van der Waals surface area contributed by atoms with E-state index in [2.05, 4.69) is 4.98 Å². The van der Waals surface area contributed by atoms with Gasteiger partial charge in [0.15, 0.2) is 0 Å². The minimum Gasteiger partial charge on any atom is -0.489 e. The van der Waals surface area contributed by atoms with Crippen LogP contribution in [0.3, 0.4) is 0 Å². The van der Waals surface area contributed by atoms with Gasteiger partial charge in [0.25, 0.3) is 0 Å². The minimum absolute atomic E-state index is 0.130. The lowest BCUT2D eigenvalue weighted by molar-refractivity contribution is -0.136. The zero-order valence-electron chi connectivity index (χ0n) is 14.0. The lowest BCUT2D eigenvalue weighted by atomic mass is 9.99. The van der Waals surface area contributed by atoms with E-state index in [1.165, 1.54) is 0 Å². The molecule has 6 heteroatoms. The molecule has 2 aromatic carbocycles. The van der Waals surface area contributed by atoms with Crippen molar-refractivity contribution in [3.05, 3.63) is 57.1 Å². The van der Waals surface area contributed by atoms with Gasteiger partial charge < -0.3 is 9.84 Å². The van der Waals surface area contributed by atoms with Crippen molar-refractivity contribution < 1.29 is 14.6 Å². The number of aliphatic carboxylic acids is 1. The summed E-state index contributed by atoms with van der Waals surface area (Å²) >= 11 is 7.73. The van der Waals surface area contributed by atoms with Crippen molar-refractivity contribution in [1.82, 2.24) is 4.98 Å². The van der Waals surface area contributed by atoms with Crippen molar-refractivity contribution in [2.24, 2.45) is 0 Å². The van der Waals surface area contributed by atoms with Crippen LogP contribution in [0.2, 0.25) is 5.02 Å². The zero-order valence-corrected chi connectivity index (χ0v) is 15.6. The quantitative estimate of drug-likeness (QED) is 0.646. The van der Waals surface area contributed by atoms with E-state index in [1.807, 2.05) is 38.1 Å². The maximum atomic E-state index is 10.8. The molecule has 0 amide bonds. The molecule has 1 N–H and O–H groups in total. The number of carboxylic acid groups (broad SMARTS) is 1. The number of halogens is 1. The SMILES string of the molecule is Cc1c(CCC(=O)O)ccc(OCc2cc(Cl)cc3scnc23)c1C. The first-order chi connectivity index (χ1) is 12.0. The van der Waals surface area contributed by atoms with Gasteiger partial charge in [0.2, 0.25) is 0 Å². The molecule has 0 aliphatic rings. The Hall–Kier alpha value is -2.11. The number of aromatic nitrogens is 1. The van der Waals surface area contributed by atoms with Gasteiger partial charge in [-0.2, -0.15) is 0 Å². The molecule has 0 saturated heterocycles. The predicted molar refractivity (Wildman–Crippen MR) is 101 cm³/mol. The maximum Gasteiger partial charge on any atom is 0.303 e. The zero-order chi connectivity index (χ0) is 18.0. The van der Waals surface area contributed by atoms with Crippen LogP contribution in [0.4, 0.5) is 0 Å². The average molecular weight is 376 g/mol. The summed E-state index contributed by atoms with van der Waals surface area (Å²) in [6.45, 7) is 4.37. The van der Waals surface area contributed by atoms with Crippen LogP contribution >= 0.6 is 22.9 Å². The molecule has 0 saturated carbocycles. The number of hydrogen-bond acceptors (Lipinski definition) is 4. The molecule has 3 rings (SSSR count). The van der Waals surface area contributed by atoms with Gasteiger partial charge in [-0.15, -0.1) is 11.3 Å². The van der Waals surface area contributed by atoms with Gasteiger partial charge in [0.05, 0.1) is 15.7 Å². The Morgan fingerprint density at radius 1 is 1.24 bits per heavy atom. The molecule has 0 bridgehead atoms. The van der Waals surface area contributed by atoms with E-state index < -0.39 is 5.97 Å². The molecule has 0 atom stereocenters. The van der Waals surface area contributed by atoms with E-state index in [4.69, 9.17) is 21.4 Å². The lowest BCUT2D eigenvalue weighted by Gasteiger charge is -2.14. The molecule has 3 aromatic rings. The largest absolute Gasteiger partial charge is 0.489 e. The number of hydrogen-bond donors (Lipinski definition) is 1. The number of carbonyl (C=O) groups is 1. The maximum absolute atomic E-state index is 10.8. The third kappa shape index (κ3) is 3.94. The summed E-state index contributed by atoms with van der Waals surface area (Å²) in [4.78, 5) is 15.2. The summed E-state index contributed by atoms with van der Waals surface area (Å²) in [5, 5.41) is 9.52. The standard InChI is InChI=1S/C19H18ClNO3S/c1-11-12(2)16(5-3-13(11)4-6-18(22)23)24-9-14-7-15(20)8-17-19(14)21-10-25-17/h3,5,7-8,10H,4,6,9H2,1-2H3,(H,22,23). The Balaban J connectivity index is 1.80. The van der Waals surface area contributed by atoms with E-state index in [0.29, 0.717) is 18.1 Å². The number of benzene rings is 2. The summed E-state index contributed by atoms with van der Waals surface area (Å²) in [6, 6.07) is 7.64. The molecule has 4 nitrogen and oxygen atoms in total. The molecule has 0 aliphatic heterocycles. The van der Waals surface area contributed by atoms with E-state index in [1.54, 1.807) is 16.8 Å². The molecular weight excluding hydrogens is 358 g/mol. The topological polar surface area (TPSA) is 59.4 Å². The second kappa shape index (κ2) is 7.42. The van der Waals surface area contributed by atoms with Crippen LogP contribution in [0.15, 0.2) is 29.8 Å². The smallest absolute Gasteiger partial charge is 0.303 e. The van der Waals surface area contributed by atoms with Gasteiger partial charge >= 0.3 is 5.97 Å². The number of ether oxygens (including phenoxy) is 1. The molecule has 130 valence electrons. The number of rotatable bonds is 6. The fourth-order valence-corrected chi connectivity index (χ4v) is 3.85. The summed E-state index contributed by atoms with van der Waals surface area (Å²) in [5.74, 6) is 0.00514. The van der Waals surface area contributed by atoms with Crippen molar-refractivity contribution in [2.45, 2.75) is 33.3 Å². The van der Waals surface area contributed by atoms with E-state index >= 15 is 0 Å². The average Bonchev–Trinajstić information content (AvgIpc) is 3.03. The molecule has 0 unspecified atom stereocenters. The van der Waals surface area contributed by atoms with Crippen LogP contribution in [0, 0.1) is 13.8 Å². The van der Waals surface area contributed by atoms with Crippen LogP contribution < -0.4 is 4.74 Å². The Bertz CT molecular complexity index is 936. The molecule has 0 fully saturated rings. The minimum atomic E-state index is -0.786. The first kappa shape index (κ1) is 17.7. The summed E-state index contributed by atoms with van der Waals surface area (Å²) in [5.41, 5.74) is 6.81. The van der Waals surface area contributed by atoms with Gasteiger partial charge in [0.1, 0.15) is 12.4 Å². The van der Waals surface area contributed by atoms with Gasteiger partial charge in [0, 0.05) is 17.0 Å². The molecule has 25 heavy (non-hydrogen) atoms. The molecule has 1 heterocycles. The number of carboxylic acids is 1. The van der Waals surface area contributed by atoms with E-state index in [0.717, 1.165) is 38.2 Å². The number of nitrogens with zero attached hydrogens (tertiary/aromatic N) is 1. The lowest BCUT2D eigenvalue weighted by Crippen LogP contribution is -2.03. The predicted octanol–water partition coefficient (Wildman–Crippen LogP) is 5.16. The van der Waals surface area contributed by atoms with E-state index in [-0.39, 0.29) is 6.42 Å². The van der Waals surface area contributed by atoms with Crippen molar-refractivity contribution >= 4 is 39.1 Å². The molecule has 1 aromatic heterocycles. The second-order valence-corrected chi connectivity index (χ2v) is 7.24. The van der Waals surface area contributed by atoms with Crippen molar-refractivity contribution in [3.63, 3.8) is 0 Å². The highest BCUT2D eigenvalue weighted by atomic mass is 35.5. The molecule has 0 aliphatic carbocycles. The number of fused-ring (bicyclic) bond motifs is 1. The molecular formula is C19H18ClNO3S. The Morgan fingerprint density at radius 3 is 2.80 bits per heavy atom. The van der Waals surface area contributed by atoms with Crippen LogP contribution in [0.1, 0.15) is 28.7 Å². The van der Waals surface area contributed by atoms with Gasteiger partial charge in [-0.1, -0.05) is 17.7 Å². The summed E-state index contributed by atoms with van der Waals surface area (Å²) in [7, 11) is 0. The fourth-order valence-electron chi connectivity index (χ4n) is 2.79. The van der Waals surface area contributed by atoms with Gasteiger partial charge in [-0.25, -0.2) is 4.98 Å². The van der Waals surface area contributed by atoms with Crippen molar-refractivity contribution in [3.8, 4) is 5.75 Å². The van der Waals surface area contributed by atoms with E-state index in [9.17, 15) is 4.79 Å². The van der Waals surface area contributed by atoms with Crippen molar-refractivity contribution in [1.29, 1.82) is 0 Å². The van der Waals surface area contributed by atoms with Crippen LogP contribution in [-0.2, 0) is 17.8 Å². The van der Waals surface area contributed by atoms with Gasteiger partial charge in [-0.05, 0) is 55.2 Å². The Kier molecular flexibility index (Phi) is 5.25. The highest BCUT2D eigenvalue weighted by Gasteiger charge is 2.11. The first-order valence-electron chi connectivity index (χ1n) is 7.91. The normalized spacial score (nSPS) is 11.0. The Morgan fingerprint density at radius 2 is 2.04 bits per heavy atom.